The molecule has 1 fully saturated rings. The van der Waals surface area contributed by atoms with Crippen molar-refractivity contribution in [1.29, 1.82) is 0 Å². The van der Waals surface area contributed by atoms with Gasteiger partial charge in [0.1, 0.15) is 0 Å². The van der Waals surface area contributed by atoms with E-state index in [1.54, 1.807) is 0 Å². The highest BCUT2D eigenvalue weighted by atomic mass is 19.4. The SMILES string of the molecule is Cc1ccccc1C(NN)C1CCCCC1C(F)(F)F. The zero-order chi connectivity index (χ0) is 14.8. The number of hydrazine groups is 1. The number of hydrogen-bond acceptors (Lipinski definition) is 2. The van der Waals surface area contributed by atoms with Crippen LogP contribution in [0.3, 0.4) is 0 Å². The third-order valence-electron chi connectivity index (χ3n) is 4.37. The van der Waals surface area contributed by atoms with Gasteiger partial charge in [0.2, 0.25) is 0 Å². The Bertz CT molecular complexity index is 445. The number of benzene rings is 1. The molecule has 0 heterocycles. The van der Waals surface area contributed by atoms with Gasteiger partial charge in [-0.15, -0.1) is 0 Å². The fourth-order valence-corrected chi connectivity index (χ4v) is 3.34. The molecule has 5 heteroatoms. The number of alkyl halides is 3. The van der Waals surface area contributed by atoms with Crippen LogP contribution in [0.1, 0.15) is 42.9 Å². The van der Waals surface area contributed by atoms with Crippen LogP contribution in [-0.2, 0) is 0 Å². The van der Waals surface area contributed by atoms with Crippen molar-refractivity contribution in [1.82, 2.24) is 5.43 Å². The van der Waals surface area contributed by atoms with Gasteiger partial charge in [-0.05, 0) is 36.8 Å². The second-order valence-corrected chi connectivity index (χ2v) is 5.60. The van der Waals surface area contributed by atoms with Crippen LogP contribution < -0.4 is 11.3 Å². The van der Waals surface area contributed by atoms with E-state index in [1.165, 1.54) is 0 Å². The molecule has 1 aromatic carbocycles. The lowest BCUT2D eigenvalue weighted by molar-refractivity contribution is -0.199. The Labute approximate surface area is 117 Å². The van der Waals surface area contributed by atoms with Gasteiger partial charge in [0, 0.05) is 6.04 Å². The van der Waals surface area contributed by atoms with Gasteiger partial charge < -0.3 is 0 Å². The van der Waals surface area contributed by atoms with Crippen LogP contribution in [-0.4, -0.2) is 6.18 Å². The minimum atomic E-state index is -4.15. The molecule has 1 aliphatic rings. The quantitative estimate of drug-likeness (QED) is 0.654. The monoisotopic (exact) mass is 286 g/mol. The van der Waals surface area contributed by atoms with Gasteiger partial charge in [-0.1, -0.05) is 37.1 Å². The zero-order valence-corrected chi connectivity index (χ0v) is 11.6. The molecule has 1 saturated carbocycles. The second-order valence-electron chi connectivity index (χ2n) is 5.60. The first-order chi connectivity index (χ1) is 9.45. The van der Waals surface area contributed by atoms with Gasteiger partial charge in [-0.2, -0.15) is 13.2 Å². The molecular weight excluding hydrogens is 265 g/mol. The molecule has 3 unspecified atom stereocenters. The summed E-state index contributed by atoms with van der Waals surface area (Å²) in [4.78, 5) is 0. The van der Waals surface area contributed by atoms with E-state index < -0.39 is 24.1 Å². The summed E-state index contributed by atoms with van der Waals surface area (Å²) in [5, 5.41) is 0. The first-order valence-corrected chi connectivity index (χ1v) is 7.03. The molecule has 0 radical (unpaired) electrons. The number of halogens is 3. The normalized spacial score (nSPS) is 25.4. The smallest absolute Gasteiger partial charge is 0.271 e. The first kappa shape index (κ1) is 15.3. The van der Waals surface area contributed by atoms with Crippen LogP contribution in [0.2, 0.25) is 0 Å². The van der Waals surface area contributed by atoms with Crippen molar-refractivity contribution in [3.05, 3.63) is 35.4 Å². The molecule has 3 atom stereocenters. The van der Waals surface area contributed by atoms with Crippen LogP contribution in [0, 0.1) is 18.8 Å². The Hall–Kier alpha value is -1.07. The molecule has 0 aromatic heterocycles. The van der Waals surface area contributed by atoms with Crippen LogP contribution in [0.4, 0.5) is 13.2 Å². The molecular formula is C15H21F3N2. The van der Waals surface area contributed by atoms with E-state index in [1.807, 2.05) is 31.2 Å². The molecule has 1 aromatic rings. The molecule has 2 nitrogen and oxygen atoms in total. The van der Waals surface area contributed by atoms with E-state index in [0.717, 1.165) is 17.5 Å². The molecule has 1 aliphatic carbocycles. The van der Waals surface area contributed by atoms with Crippen molar-refractivity contribution in [3.8, 4) is 0 Å². The average molecular weight is 286 g/mol. The molecule has 112 valence electrons. The summed E-state index contributed by atoms with van der Waals surface area (Å²) in [7, 11) is 0. The van der Waals surface area contributed by atoms with Crippen molar-refractivity contribution in [3.63, 3.8) is 0 Å². The Kier molecular flexibility index (Phi) is 4.70. The molecule has 0 saturated heterocycles. The van der Waals surface area contributed by atoms with Crippen molar-refractivity contribution in [2.45, 2.75) is 44.8 Å². The fraction of sp³-hybridized carbons (Fsp3) is 0.600. The van der Waals surface area contributed by atoms with E-state index in [0.29, 0.717) is 12.8 Å². The maximum Gasteiger partial charge on any atom is 0.392 e. The van der Waals surface area contributed by atoms with Crippen molar-refractivity contribution in [2.75, 3.05) is 0 Å². The number of nitrogens with one attached hydrogen (secondary N) is 1. The summed E-state index contributed by atoms with van der Waals surface area (Å²) in [5.41, 5.74) is 4.48. The highest BCUT2D eigenvalue weighted by Crippen LogP contribution is 2.46. The molecule has 2 rings (SSSR count). The molecule has 0 bridgehead atoms. The predicted octanol–water partition coefficient (Wildman–Crippen LogP) is 3.87. The van der Waals surface area contributed by atoms with Crippen LogP contribution in [0.25, 0.3) is 0 Å². The number of rotatable bonds is 3. The van der Waals surface area contributed by atoms with Crippen molar-refractivity contribution < 1.29 is 13.2 Å². The summed E-state index contributed by atoms with van der Waals surface area (Å²) in [6.45, 7) is 1.91. The third kappa shape index (κ3) is 3.15. The number of nitrogens with two attached hydrogens (primary N) is 1. The summed E-state index contributed by atoms with van der Waals surface area (Å²) in [6, 6.07) is 7.06. The average Bonchev–Trinajstić information content (AvgIpc) is 2.41. The summed E-state index contributed by atoms with van der Waals surface area (Å²) in [5.74, 6) is 3.84. The predicted molar refractivity (Wildman–Crippen MR) is 72.7 cm³/mol. The van der Waals surface area contributed by atoms with E-state index in [4.69, 9.17) is 5.84 Å². The van der Waals surface area contributed by atoms with Gasteiger partial charge in [0.15, 0.2) is 0 Å². The van der Waals surface area contributed by atoms with Gasteiger partial charge in [0.25, 0.3) is 0 Å². The topological polar surface area (TPSA) is 38.0 Å². The number of hydrogen-bond donors (Lipinski definition) is 2. The van der Waals surface area contributed by atoms with Crippen LogP contribution >= 0.6 is 0 Å². The van der Waals surface area contributed by atoms with Gasteiger partial charge in [0.05, 0.1) is 5.92 Å². The molecule has 3 N–H and O–H groups in total. The van der Waals surface area contributed by atoms with E-state index in [2.05, 4.69) is 5.43 Å². The largest absolute Gasteiger partial charge is 0.392 e. The molecule has 0 aliphatic heterocycles. The summed E-state index contributed by atoms with van der Waals surface area (Å²) in [6.07, 6.45) is -1.90. The van der Waals surface area contributed by atoms with E-state index in [9.17, 15) is 13.2 Å². The molecule has 0 spiro atoms. The zero-order valence-electron chi connectivity index (χ0n) is 11.6. The Morgan fingerprint density at radius 1 is 1.20 bits per heavy atom. The summed E-state index contributed by atoms with van der Waals surface area (Å²) >= 11 is 0. The Morgan fingerprint density at radius 3 is 2.45 bits per heavy atom. The molecule has 20 heavy (non-hydrogen) atoms. The maximum absolute atomic E-state index is 13.2. The highest BCUT2D eigenvalue weighted by molar-refractivity contribution is 5.29. The van der Waals surface area contributed by atoms with Gasteiger partial charge in [-0.3, -0.25) is 11.3 Å². The van der Waals surface area contributed by atoms with Crippen molar-refractivity contribution >= 4 is 0 Å². The van der Waals surface area contributed by atoms with E-state index >= 15 is 0 Å². The highest BCUT2D eigenvalue weighted by Gasteiger charge is 2.48. The fourth-order valence-electron chi connectivity index (χ4n) is 3.34. The second kappa shape index (κ2) is 6.14. The maximum atomic E-state index is 13.2. The van der Waals surface area contributed by atoms with Crippen LogP contribution in [0.15, 0.2) is 24.3 Å². The summed E-state index contributed by atoms with van der Waals surface area (Å²) < 4.78 is 39.7. The minimum Gasteiger partial charge on any atom is -0.271 e. The van der Waals surface area contributed by atoms with Crippen molar-refractivity contribution in [2.24, 2.45) is 17.7 Å². The van der Waals surface area contributed by atoms with Gasteiger partial charge in [-0.25, -0.2) is 0 Å². The minimum absolute atomic E-state index is 0.207. The lowest BCUT2D eigenvalue weighted by Crippen LogP contribution is -2.43. The lowest BCUT2D eigenvalue weighted by Gasteiger charge is -2.38. The van der Waals surface area contributed by atoms with Crippen LogP contribution in [0.5, 0.6) is 0 Å². The van der Waals surface area contributed by atoms with E-state index in [-0.39, 0.29) is 6.42 Å². The first-order valence-electron chi connectivity index (χ1n) is 7.03. The standard InChI is InChI=1S/C15H21F3N2/c1-10-6-2-3-7-11(10)14(20-19)12-8-4-5-9-13(12)15(16,17)18/h2-3,6-7,12-14,20H,4-5,8-9,19H2,1H3. The third-order valence-corrected chi connectivity index (χ3v) is 4.37. The number of aryl methyl sites for hydroxylation is 1. The van der Waals surface area contributed by atoms with Gasteiger partial charge >= 0.3 is 6.18 Å². The Morgan fingerprint density at radius 2 is 1.85 bits per heavy atom. The lowest BCUT2D eigenvalue weighted by atomic mass is 9.72. The molecule has 0 amide bonds. The Balaban J connectivity index is 2.32.